The van der Waals surface area contributed by atoms with E-state index in [2.05, 4.69) is 18.3 Å². The summed E-state index contributed by atoms with van der Waals surface area (Å²) in [6, 6.07) is 4.41. The van der Waals surface area contributed by atoms with Crippen LogP contribution in [0.5, 0.6) is 0 Å². The van der Waals surface area contributed by atoms with E-state index in [4.69, 9.17) is 9.15 Å². The molecule has 2 rings (SSSR count). The van der Waals surface area contributed by atoms with E-state index < -0.39 is 0 Å². The summed E-state index contributed by atoms with van der Waals surface area (Å²) >= 11 is 0. The molecule has 3 nitrogen and oxygen atoms in total. The molecule has 1 aromatic rings. The minimum atomic E-state index is 0.298. The van der Waals surface area contributed by atoms with Gasteiger partial charge in [-0.05, 0) is 51.3 Å². The minimum Gasteiger partial charge on any atom is -0.465 e. The molecule has 1 aliphatic rings. The van der Waals surface area contributed by atoms with E-state index in [1.807, 2.05) is 13.0 Å². The lowest BCUT2D eigenvalue weighted by Gasteiger charge is -2.19. The molecule has 0 aromatic carbocycles. The first-order valence-corrected chi connectivity index (χ1v) is 6.71. The monoisotopic (exact) mass is 237 g/mol. The minimum absolute atomic E-state index is 0.298. The Morgan fingerprint density at radius 1 is 1.47 bits per heavy atom. The molecule has 2 heterocycles. The molecule has 1 aromatic heterocycles. The molecular weight excluding hydrogens is 214 g/mol. The molecule has 1 saturated heterocycles. The van der Waals surface area contributed by atoms with Crippen molar-refractivity contribution in [2.24, 2.45) is 0 Å². The number of ether oxygens (including phenoxy) is 1. The predicted molar refractivity (Wildman–Crippen MR) is 68.1 cm³/mol. The summed E-state index contributed by atoms with van der Waals surface area (Å²) in [5.41, 5.74) is 0. The highest BCUT2D eigenvalue weighted by Crippen LogP contribution is 2.26. The molecule has 0 radical (unpaired) electrons. The van der Waals surface area contributed by atoms with Crippen molar-refractivity contribution in [3.63, 3.8) is 0 Å². The summed E-state index contributed by atoms with van der Waals surface area (Å²) in [7, 11) is 0. The third-order valence-corrected chi connectivity index (χ3v) is 3.27. The summed E-state index contributed by atoms with van der Waals surface area (Å²) < 4.78 is 11.4. The number of nitrogens with one attached hydrogen (secondary N) is 1. The maximum Gasteiger partial charge on any atom is 0.121 e. The van der Waals surface area contributed by atoms with Crippen LogP contribution in [0.25, 0.3) is 0 Å². The van der Waals surface area contributed by atoms with Crippen molar-refractivity contribution in [2.45, 2.75) is 51.7 Å². The zero-order chi connectivity index (χ0) is 12.1. The highest BCUT2D eigenvalue weighted by molar-refractivity contribution is 5.10. The lowest BCUT2D eigenvalue weighted by Crippen LogP contribution is -2.25. The fourth-order valence-corrected chi connectivity index (χ4v) is 2.35. The number of furan rings is 1. The van der Waals surface area contributed by atoms with Gasteiger partial charge < -0.3 is 14.5 Å². The highest BCUT2D eigenvalue weighted by atomic mass is 16.5. The summed E-state index contributed by atoms with van der Waals surface area (Å²) in [6.45, 7) is 6.12. The van der Waals surface area contributed by atoms with Crippen molar-refractivity contribution < 1.29 is 9.15 Å². The molecule has 96 valence electrons. The lowest BCUT2D eigenvalue weighted by molar-refractivity contribution is 0.0919. The van der Waals surface area contributed by atoms with Crippen LogP contribution in [0.15, 0.2) is 16.5 Å². The number of hydrogen-bond acceptors (Lipinski definition) is 3. The lowest BCUT2D eigenvalue weighted by atomic mass is 10.0. The van der Waals surface area contributed by atoms with E-state index in [1.54, 1.807) is 0 Å². The first-order chi connectivity index (χ1) is 8.29. The van der Waals surface area contributed by atoms with Crippen molar-refractivity contribution in [1.29, 1.82) is 0 Å². The first-order valence-electron chi connectivity index (χ1n) is 6.71. The van der Waals surface area contributed by atoms with Gasteiger partial charge in [-0.3, -0.25) is 0 Å². The smallest absolute Gasteiger partial charge is 0.121 e. The number of aryl methyl sites for hydroxylation is 1. The Labute approximate surface area is 104 Å². The van der Waals surface area contributed by atoms with Crippen molar-refractivity contribution >= 4 is 0 Å². The van der Waals surface area contributed by atoms with E-state index >= 15 is 0 Å². The Morgan fingerprint density at radius 2 is 2.35 bits per heavy atom. The molecule has 2 unspecified atom stereocenters. The second kappa shape index (κ2) is 6.22. The molecule has 1 fully saturated rings. The molecular formula is C14H23NO2. The van der Waals surface area contributed by atoms with Gasteiger partial charge in [-0.25, -0.2) is 0 Å². The summed E-state index contributed by atoms with van der Waals surface area (Å²) in [4.78, 5) is 0. The predicted octanol–water partition coefficient (Wildman–Crippen LogP) is 3.20. The van der Waals surface area contributed by atoms with Crippen LogP contribution in [-0.4, -0.2) is 19.3 Å². The summed E-state index contributed by atoms with van der Waals surface area (Å²) in [5, 5.41) is 3.55. The SMILES string of the molecule is CCCNC(CC1CCCO1)c1ccc(C)o1. The highest BCUT2D eigenvalue weighted by Gasteiger charge is 2.23. The fraction of sp³-hybridized carbons (Fsp3) is 0.714. The third-order valence-electron chi connectivity index (χ3n) is 3.27. The first kappa shape index (κ1) is 12.7. The molecule has 0 aliphatic carbocycles. The second-order valence-corrected chi connectivity index (χ2v) is 4.83. The fourth-order valence-electron chi connectivity index (χ4n) is 2.35. The van der Waals surface area contributed by atoms with Gasteiger partial charge in [-0.1, -0.05) is 6.92 Å². The molecule has 0 amide bonds. The van der Waals surface area contributed by atoms with Gasteiger partial charge in [-0.15, -0.1) is 0 Å². The van der Waals surface area contributed by atoms with Crippen LogP contribution in [-0.2, 0) is 4.74 Å². The Kier molecular flexibility index (Phi) is 4.63. The van der Waals surface area contributed by atoms with Crippen LogP contribution in [0.4, 0.5) is 0 Å². The van der Waals surface area contributed by atoms with Gasteiger partial charge in [0.05, 0.1) is 12.1 Å². The topological polar surface area (TPSA) is 34.4 Å². The zero-order valence-corrected chi connectivity index (χ0v) is 10.9. The van der Waals surface area contributed by atoms with E-state index in [0.29, 0.717) is 12.1 Å². The van der Waals surface area contributed by atoms with Gasteiger partial charge in [0, 0.05) is 6.61 Å². The number of hydrogen-bond donors (Lipinski definition) is 1. The van der Waals surface area contributed by atoms with E-state index in [-0.39, 0.29) is 0 Å². The van der Waals surface area contributed by atoms with Crippen molar-refractivity contribution in [3.05, 3.63) is 23.7 Å². The zero-order valence-electron chi connectivity index (χ0n) is 10.9. The molecule has 0 spiro atoms. The van der Waals surface area contributed by atoms with E-state index in [0.717, 1.165) is 37.5 Å². The summed E-state index contributed by atoms with van der Waals surface area (Å²) in [5.74, 6) is 2.03. The van der Waals surface area contributed by atoms with E-state index in [9.17, 15) is 0 Å². The average molecular weight is 237 g/mol. The molecule has 17 heavy (non-hydrogen) atoms. The van der Waals surface area contributed by atoms with Gasteiger partial charge in [0.15, 0.2) is 0 Å². The van der Waals surface area contributed by atoms with Gasteiger partial charge >= 0.3 is 0 Å². The van der Waals surface area contributed by atoms with Gasteiger partial charge in [0.2, 0.25) is 0 Å². The van der Waals surface area contributed by atoms with Gasteiger partial charge in [0.1, 0.15) is 11.5 Å². The maximum atomic E-state index is 5.73. The van der Waals surface area contributed by atoms with Crippen LogP contribution in [0, 0.1) is 6.92 Å². The van der Waals surface area contributed by atoms with Crippen LogP contribution in [0.2, 0.25) is 0 Å². The second-order valence-electron chi connectivity index (χ2n) is 4.83. The van der Waals surface area contributed by atoms with Gasteiger partial charge in [-0.2, -0.15) is 0 Å². The molecule has 2 atom stereocenters. The van der Waals surface area contributed by atoms with E-state index in [1.165, 1.54) is 12.8 Å². The van der Waals surface area contributed by atoms with Crippen LogP contribution in [0.3, 0.4) is 0 Å². The quantitative estimate of drug-likeness (QED) is 0.825. The van der Waals surface area contributed by atoms with Crippen LogP contribution >= 0.6 is 0 Å². The Balaban J connectivity index is 1.96. The molecule has 1 aliphatic heterocycles. The third kappa shape index (κ3) is 3.58. The average Bonchev–Trinajstić information content (AvgIpc) is 2.95. The Hall–Kier alpha value is -0.800. The van der Waals surface area contributed by atoms with Crippen molar-refractivity contribution in [2.75, 3.05) is 13.2 Å². The molecule has 0 saturated carbocycles. The van der Waals surface area contributed by atoms with Crippen LogP contribution in [0.1, 0.15) is 50.2 Å². The molecule has 0 bridgehead atoms. The summed E-state index contributed by atoms with van der Waals surface area (Å²) in [6.07, 6.45) is 4.94. The van der Waals surface area contributed by atoms with Crippen molar-refractivity contribution in [1.82, 2.24) is 5.32 Å². The number of rotatable bonds is 6. The molecule has 1 N–H and O–H groups in total. The Morgan fingerprint density at radius 3 is 2.94 bits per heavy atom. The van der Waals surface area contributed by atoms with Crippen molar-refractivity contribution in [3.8, 4) is 0 Å². The largest absolute Gasteiger partial charge is 0.465 e. The van der Waals surface area contributed by atoms with Crippen LogP contribution < -0.4 is 5.32 Å². The normalized spacial score (nSPS) is 21.9. The maximum absolute atomic E-state index is 5.73. The van der Waals surface area contributed by atoms with Gasteiger partial charge in [0.25, 0.3) is 0 Å². The Bertz CT molecular complexity index is 329. The standard InChI is InChI=1S/C14H23NO2/c1-3-8-15-13(10-12-5-4-9-16-12)14-7-6-11(2)17-14/h6-7,12-13,15H,3-5,8-10H2,1-2H3. The molecule has 3 heteroatoms.